The molecule has 0 aliphatic carbocycles. The number of sulfonamides is 1. The van der Waals surface area contributed by atoms with Crippen molar-refractivity contribution >= 4 is 21.6 Å². The van der Waals surface area contributed by atoms with E-state index in [2.05, 4.69) is 5.32 Å². The highest BCUT2D eigenvalue weighted by atomic mass is 32.2. The van der Waals surface area contributed by atoms with Crippen LogP contribution in [0.4, 0.5) is 5.69 Å². The predicted molar refractivity (Wildman–Crippen MR) is 149 cm³/mol. The number of carbonyl (C=O) groups excluding carboxylic acids is 1. The number of anilines is 1. The van der Waals surface area contributed by atoms with Gasteiger partial charge in [0.1, 0.15) is 6.54 Å². The van der Waals surface area contributed by atoms with Crippen LogP contribution in [0.5, 0.6) is 0 Å². The van der Waals surface area contributed by atoms with Crippen molar-refractivity contribution < 1.29 is 13.2 Å². The van der Waals surface area contributed by atoms with Gasteiger partial charge < -0.3 is 5.32 Å². The Labute approximate surface area is 219 Å². The van der Waals surface area contributed by atoms with Crippen molar-refractivity contribution in [2.45, 2.75) is 38.6 Å². The summed E-state index contributed by atoms with van der Waals surface area (Å²) >= 11 is 0. The van der Waals surface area contributed by atoms with Gasteiger partial charge in [0.25, 0.3) is 10.0 Å². The van der Waals surface area contributed by atoms with Crippen LogP contribution in [0.2, 0.25) is 0 Å². The fourth-order valence-electron chi connectivity index (χ4n) is 4.41. The molecular formula is C31H32N2O3S. The average Bonchev–Trinajstić information content (AvgIpc) is 2.87. The summed E-state index contributed by atoms with van der Waals surface area (Å²) in [7, 11) is -4.00. The molecule has 0 heterocycles. The molecule has 190 valence electrons. The summed E-state index contributed by atoms with van der Waals surface area (Å²) in [6.07, 6.45) is 0. The number of rotatable bonds is 8. The lowest BCUT2D eigenvalue weighted by atomic mass is 9.97. The molecule has 0 bridgehead atoms. The second-order valence-electron chi connectivity index (χ2n) is 9.44. The molecule has 0 aliphatic rings. The normalized spacial score (nSPS) is 12.1. The van der Waals surface area contributed by atoms with Crippen LogP contribution in [0.15, 0.2) is 102 Å². The number of nitrogens with zero attached hydrogens (tertiary/aromatic N) is 1. The SMILES string of the molecule is Cc1ccc(S(=O)(=O)N(CC(=O)NC(c2ccccc2)c2cccc(C)c2)c2ccc(C)cc2C)cc1. The Morgan fingerprint density at radius 1 is 0.730 bits per heavy atom. The standard InChI is InChI=1S/C31H32N2O3S/c1-22-13-16-28(17-14-22)37(35,36)33(29-18-15-24(3)19-25(29)4)21-30(34)32-31(26-10-6-5-7-11-26)27-12-8-9-23(2)20-27/h5-20,31H,21H2,1-4H3,(H,32,34). The van der Waals surface area contributed by atoms with Crippen molar-refractivity contribution in [3.8, 4) is 0 Å². The minimum absolute atomic E-state index is 0.143. The molecule has 0 saturated heterocycles. The van der Waals surface area contributed by atoms with Crippen LogP contribution in [0.3, 0.4) is 0 Å². The molecule has 1 N–H and O–H groups in total. The zero-order valence-corrected chi connectivity index (χ0v) is 22.4. The Balaban J connectivity index is 1.72. The number of aryl methyl sites for hydroxylation is 4. The molecule has 4 aromatic rings. The summed E-state index contributed by atoms with van der Waals surface area (Å²) in [5.41, 5.74) is 6.15. The van der Waals surface area contributed by atoms with Crippen molar-refractivity contribution in [3.05, 3.63) is 130 Å². The molecule has 37 heavy (non-hydrogen) atoms. The minimum Gasteiger partial charge on any atom is -0.344 e. The maximum Gasteiger partial charge on any atom is 0.264 e. The number of hydrogen-bond acceptors (Lipinski definition) is 3. The van der Waals surface area contributed by atoms with Crippen molar-refractivity contribution in [1.82, 2.24) is 5.32 Å². The summed E-state index contributed by atoms with van der Waals surface area (Å²) in [5, 5.41) is 3.10. The molecule has 4 rings (SSSR count). The van der Waals surface area contributed by atoms with Gasteiger partial charge in [-0.1, -0.05) is 95.6 Å². The van der Waals surface area contributed by atoms with Gasteiger partial charge in [-0.15, -0.1) is 0 Å². The van der Waals surface area contributed by atoms with Crippen LogP contribution in [0.25, 0.3) is 0 Å². The zero-order valence-electron chi connectivity index (χ0n) is 21.6. The monoisotopic (exact) mass is 512 g/mol. The molecule has 0 fully saturated rings. The van der Waals surface area contributed by atoms with Crippen LogP contribution in [-0.2, 0) is 14.8 Å². The molecule has 6 heteroatoms. The first-order valence-corrected chi connectivity index (χ1v) is 13.7. The van der Waals surface area contributed by atoms with Crippen LogP contribution in [0.1, 0.15) is 39.4 Å². The molecule has 0 aliphatic heterocycles. The predicted octanol–water partition coefficient (Wildman–Crippen LogP) is 6.02. The van der Waals surface area contributed by atoms with E-state index in [-0.39, 0.29) is 11.4 Å². The zero-order chi connectivity index (χ0) is 26.6. The van der Waals surface area contributed by atoms with E-state index in [9.17, 15) is 13.2 Å². The number of hydrogen-bond donors (Lipinski definition) is 1. The van der Waals surface area contributed by atoms with Crippen molar-refractivity contribution in [2.24, 2.45) is 0 Å². The second-order valence-corrected chi connectivity index (χ2v) is 11.3. The third kappa shape index (κ3) is 6.09. The van der Waals surface area contributed by atoms with Gasteiger partial charge in [0.2, 0.25) is 5.91 Å². The minimum atomic E-state index is -4.00. The molecule has 5 nitrogen and oxygen atoms in total. The fraction of sp³-hybridized carbons (Fsp3) is 0.194. The maximum absolute atomic E-state index is 13.8. The van der Waals surface area contributed by atoms with Gasteiger partial charge in [-0.3, -0.25) is 9.10 Å². The Morgan fingerprint density at radius 2 is 1.35 bits per heavy atom. The highest BCUT2D eigenvalue weighted by Crippen LogP contribution is 2.28. The molecule has 0 saturated carbocycles. The van der Waals surface area contributed by atoms with Gasteiger partial charge in [-0.2, -0.15) is 0 Å². The van der Waals surface area contributed by atoms with Gasteiger partial charge >= 0.3 is 0 Å². The summed E-state index contributed by atoms with van der Waals surface area (Å²) < 4.78 is 28.9. The lowest BCUT2D eigenvalue weighted by molar-refractivity contribution is -0.120. The van der Waals surface area contributed by atoms with Crippen molar-refractivity contribution in [1.29, 1.82) is 0 Å². The highest BCUT2D eigenvalue weighted by molar-refractivity contribution is 7.92. The number of nitrogens with one attached hydrogen (secondary N) is 1. The molecule has 4 aromatic carbocycles. The van der Waals surface area contributed by atoms with E-state index in [1.807, 2.05) is 94.4 Å². The van der Waals surface area contributed by atoms with Crippen LogP contribution in [-0.4, -0.2) is 20.9 Å². The first-order valence-electron chi connectivity index (χ1n) is 12.2. The Hall–Kier alpha value is -3.90. The Bertz CT molecular complexity index is 1500. The first-order chi connectivity index (χ1) is 17.6. The molecule has 1 atom stereocenters. The van der Waals surface area contributed by atoms with E-state index in [4.69, 9.17) is 0 Å². The van der Waals surface area contributed by atoms with Gasteiger partial charge in [-0.05, 0) is 62.6 Å². The third-order valence-corrected chi connectivity index (χ3v) is 8.10. The highest BCUT2D eigenvalue weighted by Gasteiger charge is 2.29. The van der Waals surface area contributed by atoms with Gasteiger partial charge in [0, 0.05) is 0 Å². The molecule has 0 spiro atoms. The van der Waals surface area contributed by atoms with E-state index < -0.39 is 22.0 Å². The molecule has 0 aromatic heterocycles. The molecular weight excluding hydrogens is 480 g/mol. The van der Waals surface area contributed by atoms with E-state index in [0.29, 0.717) is 5.69 Å². The topological polar surface area (TPSA) is 66.5 Å². The second kappa shape index (κ2) is 11.0. The number of carbonyl (C=O) groups is 1. The maximum atomic E-state index is 13.8. The van der Waals surface area contributed by atoms with Crippen molar-refractivity contribution in [3.63, 3.8) is 0 Å². The summed E-state index contributed by atoms with van der Waals surface area (Å²) in [5.74, 6) is -0.397. The largest absolute Gasteiger partial charge is 0.344 e. The van der Waals surface area contributed by atoms with Crippen LogP contribution >= 0.6 is 0 Å². The smallest absolute Gasteiger partial charge is 0.264 e. The van der Waals surface area contributed by atoms with Crippen LogP contribution in [0, 0.1) is 27.7 Å². The quantitative estimate of drug-likeness (QED) is 0.314. The summed E-state index contributed by atoms with van der Waals surface area (Å²) in [6, 6.07) is 29.5. The summed E-state index contributed by atoms with van der Waals surface area (Å²) in [6.45, 7) is 7.37. The van der Waals surface area contributed by atoms with Crippen molar-refractivity contribution in [2.75, 3.05) is 10.8 Å². The first kappa shape index (κ1) is 26.2. The van der Waals surface area contributed by atoms with Gasteiger partial charge in [-0.25, -0.2) is 8.42 Å². The molecule has 0 radical (unpaired) electrons. The molecule has 1 amide bonds. The lowest BCUT2D eigenvalue weighted by Gasteiger charge is -2.27. The van der Waals surface area contributed by atoms with Gasteiger partial charge in [0.15, 0.2) is 0 Å². The van der Waals surface area contributed by atoms with Crippen LogP contribution < -0.4 is 9.62 Å². The lowest BCUT2D eigenvalue weighted by Crippen LogP contribution is -2.42. The van der Waals surface area contributed by atoms with E-state index in [1.165, 1.54) is 4.31 Å². The number of benzene rings is 4. The fourth-order valence-corrected chi connectivity index (χ4v) is 5.90. The van der Waals surface area contributed by atoms with E-state index in [1.54, 1.807) is 30.3 Å². The average molecular weight is 513 g/mol. The summed E-state index contributed by atoms with van der Waals surface area (Å²) in [4.78, 5) is 13.7. The third-order valence-electron chi connectivity index (χ3n) is 6.33. The Kier molecular flexibility index (Phi) is 7.79. The van der Waals surface area contributed by atoms with E-state index in [0.717, 1.165) is 33.4 Å². The molecule has 1 unspecified atom stereocenters. The number of amides is 1. The van der Waals surface area contributed by atoms with Gasteiger partial charge in [0.05, 0.1) is 16.6 Å². The Morgan fingerprint density at radius 3 is 2.00 bits per heavy atom. The van der Waals surface area contributed by atoms with E-state index >= 15 is 0 Å².